The molecule has 0 radical (unpaired) electrons. The molecule has 1 aromatic carbocycles. The Morgan fingerprint density at radius 1 is 1.29 bits per heavy atom. The average Bonchev–Trinajstić information content (AvgIpc) is 2.93. The van der Waals surface area contributed by atoms with Gasteiger partial charge in [-0.3, -0.25) is 4.79 Å². The monoisotopic (exact) mass is 420 g/mol. The van der Waals surface area contributed by atoms with Crippen molar-refractivity contribution in [3.63, 3.8) is 0 Å². The number of hydrogen-bond donors (Lipinski definition) is 0. The fraction of sp³-hybridized carbons (Fsp3) is 0.400. The summed E-state index contributed by atoms with van der Waals surface area (Å²) < 4.78 is 46.4. The molecule has 1 aliphatic carbocycles. The molecule has 0 spiro atoms. The van der Waals surface area contributed by atoms with E-state index in [4.69, 9.17) is 46.4 Å². The Hall–Kier alpha value is -0.620. The van der Waals surface area contributed by atoms with Crippen LogP contribution in [0.1, 0.15) is 19.4 Å². The second-order valence-electron chi connectivity index (χ2n) is 5.97. The lowest BCUT2D eigenvalue weighted by atomic mass is 10.1. The second-order valence-corrected chi connectivity index (χ2v) is 7.82. The Morgan fingerprint density at radius 2 is 1.88 bits per heavy atom. The van der Waals surface area contributed by atoms with Crippen molar-refractivity contribution in [1.82, 2.24) is 0 Å². The van der Waals surface area contributed by atoms with Gasteiger partial charge in [-0.25, -0.2) is 4.39 Å². The van der Waals surface area contributed by atoms with Crippen LogP contribution in [0.2, 0.25) is 10.0 Å². The lowest BCUT2D eigenvalue weighted by Crippen LogP contribution is -2.26. The highest BCUT2D eigenvalue weighted by Gasteiger charge is 2.63. The first-order valence-corrected chi connectivity index (χ1v) is 8.17. The van der Waals surface area contributed by atoms with E-state index in [0.29, 0.717) is 6.07 Å². The zero-order valence-corrected chi connectivity index (χ0v) is 15.4. The second kappa shape index (κ2) is 6.60. The molecule has 2 nitrogen and oxygen atoms in total. The molecule has 0 amide bonds. The highest BCUT2D eigenvalue weighted by molar-refractivity contribution is 6.55. The van der Waals surface area contributed by atoms with E-state index in [1.807, 2.05) is 0 Å². The number of esters is 1. The number of hydrogen-bond acceptors (Lipinski definition) is 2. The van der Waals surface area contributed by atoms with Gasteiger partial charge in [0.1, 0.15) is 10.1 Å². The van der Waals surface area contributed by atoms with E-state index in [-0.39, 0.29) is 9.51 Å². The summed E-state index contributed by atoms with van der Waals surface area (Å²) in [5.41, 5.74) is -1.87. The summed E-state index contributed by atoms with van der Waals surface area (Å²) >= 11 is 22.2. The Bertz CT molecular complexity index is 715. The van der Waals surface area contributed by atoms with Gasteiger partial charge < -0.3 is 4.74 Å². The first-order chi connectivity index (χ1) is 10.9. The lowest BCUT2D eigenvalue weighted by molar-refractivity contribution is -0.243. The van der Waals surface area contributed by atoms with Gasteiger partial charge in [-0.15, -0.1) is 0 Å². The van der Waals surface area contributed by atoms with Gasteiger partial charge in [0.2, 0.25) is 0 Å². The number of carbonyl (C=O) groups excluding carboxylic acids is 1. The zero-order valence-electron chi connectivity index (χ0n) is 12.3. The van der Waals surface area contributed by atoms with Crippen LogP contribution in [-0.2, 0) is 15.6 Å². The third-order valence-electron chi connectivity index (χ3n) is 4.01. The number of halogens is 7. The van der Waals surface area contributed by atoms with E-state index in [9.17, 15) is 18.0 Å². The van der Waals surface area contributed by atoms with E-state index in [1.54, 1.807) is 13.8 Å². The molecule has 0 aromatic heterocycles. The molecule has 0 aliphatic heterocycles. The highest BCUT2D eigenvalue weighted by Crippen LogP contribution is 2.60. The summed E-state index contributed by atoms with van der Waals surface area (Å²) in [6.45, 7) is 3.34. The van der Waals surface area contributed by atoms with Crippen molar-refractivity contribution >= 4 is 52.4 Å². The molecule has 2 rings (SSSR count). The molecule has 2 atom stereocenters. The van der Waals surface area contributed by atoms with Crippen LogP contribution in [0.4, 0.5) is 13.2 Å². The van der Waals surface area contributed by atoms with Crippen molar-refractivity contribution in [2.45, 2.75) is 20.0 Å². The molecule has 132 valence electrons. The Balaban J connectivity index is 2.24. The van der Waals surface area contributed by atoms with Crippen molar-refractivity contribution in [2.24, 2.45) is 17.3 Å². The smallest absolute Gasteiger partial charge is 0.397 e. The minimum absolute atomic E-state index is 0.0807. The van der Waals surface area contributed by atoms with E-state index >= 15 is 0 Å². The normalized spacial score (nSPS) is 22.0. The van der Waals surface area contributed by atoms with Crippen LogP contribution in [0.15, 0.2) is 22.7 Å². The van der Waals surface area contributed by atoms with E-state index in [0.717, 1.165) is 6.07 Å². The minimum atomic E-state index is -4.23. The molecule has 1 aliphatic rings. The van der Waals surface area contributed by atoms with Crippen molar-refractivity contribution in [1.29, 1.82) is 0 Å². The predicted octanol–water partition coefficient (Wildman–Crippen LogP) is 6.32. The van der Waals surface area contributed by atoms with Crippen molar-refractivity contribution in [3.8, 4) is 0 Å². The summed E-state index contributed by atoms with van der Waals surface area (Å²) in [6, 6.07) is 1.62. The van der Waals surface area contributed by atoms with Gasteiger partial charge in [0, 0.05) is 5.02 Å². The minimum Gasteiger partial charge on any atom is -0.397 e. The van der Waals surface area contributed by atoms with Crippen LogP contribution >= 0.6 is 46.4 Å². The van der Waals surface area contributed by atoms with Crippen LogP contribution in [-0.4, -0.2) is 5.97 Å². The molecule has 1 aromatic rings. The van der Waals surface area contributed by atoms with Gasteiger partial charge in [-0.05, 0) is 29.5 Å². The maximum atomic E-state index is 14.2. The maximum absolute atomic E-state index is 14.2. The van der Waals surface area contributed by atoms with Crippen molar-refractivity contribution < 1.29 is 22.7 Å². The first kappa shape index (κ1) is 19.7. The summed E-state index contributed by atoms with van der Waals surface area (Å²) in [4.78, 5) is 12.1. The van der Waals surface area contributed by atoms with Gasteiger partial charge in [0.05, 0.1) is 10.9 Å². The first-order valence-electron chi connectivity index (χ1n) is 6.66. The number of ether oxygens (including phenoxy) is 1. The quantitative estimate of drug-likeness (QED) is 0.420. The predicted molar refractivity (Wildman–Crippen MR) is 87.0 cm³/mol. The van der Waals surface area contributed by atoms with Crippen molar-refractivity contribution in [2.75, 3.05) is 0 Å². The fourth-order valence-electron chi connectivity index (χ4n) is 2.59. The lowest BCUT2D eigenvalue weighted by Gasteiger charge is -2.18. The molecule has 1 saturated carbocycles. The summed E-state index contributed by atoms with van der Waals surface area (Å²) in [6.07, 6.45) is -2.85. The van der Waals surface area contributed by atoms with Crippen molar-refractivity contribution in [3.05, 3.63) is 44.1 Å². The molecular weight excluding hydrogens is 411 g/mol. The van der Waals surface area contributed by atoms with Gasteiger partial charge >= 0.3 is 12.1 Å². The van der Waals surface area contributed by atoms with Gasteiger partial charge in [0.25, 0.3) is 0 Å². The molecule has 24 heavy (non-hydrogen) atoms. The number of allylic oxidation sites excluding steroid dienone is 1. The summed E-state index contributed by atoms with van der Waals surface area (Å²) in [5.74, 6) is -3.95. The number of rotatable bonds is 4. The third kappa shape index (κ3) is 3.79. The van der Waals surface area contributed by atoms with Gasteiger partial charge in [-0.2, -0.15) is 8.78 Å². The molecule has 0 heterocycles. The third-order valence-corrected chi connectivity index (χ3v) is 4.75. The number of benzene rings is 1. The molecular formula is C15H11Cl4F3O2. The molecule has 0 bridgehead atoms. The Morgan fingerprint density at radius 3 is 2.42 bits per heavy atom. The SMILES string of the molecule is CC1(C)C(C=C(Cl)Cl)C1C(=O)OC(F)(F)c1cc(Cl)cc(Cl)c1F. The molecule has 9 heteroatoms. The van der Waals surface area contributed by atoms with Crippen LogP contribution in [0.25, 0.3) is 0 Å². The average molecular weight is 422 g/mol. The maximum Gasteiger partial charge on any atom is 0.431 e. The van der Waals surface area contributed by atoms with E-state index < -0.39 is 45.7 Å². The molecule has 2 unspecified atom stereocenters. The van der Waals surface area contributed by atoms with E-state index in [1.165, 1.54) is 6.08 Å². The van der Waals surface area contributed by atoms with E-state index in [2.05, 4.69) is 4.74 Å². The number of carbonyl (C=O) groups is 1. The van der Waals surface area contributed by atoms with Gasteiger partial charge in [0.15, 0.2) is 5.82 Å². The molecule has 1 fully saturated rings. The summed E-state index contributed by atoms with van der Waals surface area (Å²) in [5, 5.41) is -0.816. The van der Waals surface area contributed by atoms with Crippen LogP contribution in [0.5, 0.6) is 0 Å². The molecule has 0 saturated heterocycles. The van der Waals surface area contributed by atoms with Crippen LogP contribution < -0.4 is 0 Å². The summed E-state index contributed by atoms with van der Waals surface area (Å²) in [7, 11) is 0. The van der Waals surface area contributed by atoms with Gasteiger partial charge in [-0.1, -0.05) is 60.3 Å². The standard InChI is InChI=1S/C15H11Cl4F3O2/c1-14(2)7(5-10(18)19)11(14)13(23)24-15(21,22)8-3-6(16)4-9(17)12(8)20/h3-5,7,11H,1-2H3. The largest absolute Gasteiger partial charge is 0.431 e. The Labute approximate surface area is 156 Å². The fourth-order valence-corrected chi connectivity index (χ4v) is 3.35. The van der Waals surface area contributed by atoms with Crippen LogP contribution in [0, 0.1) is 23.1 Å². The van der Waals surface area contributed by atoms with Crippen LogP contribution in [0.3, 0.4) is 0 Å². The Kier molecular flexibility index (Phi) is 5.42. The number of alkyl halides is 2. The topological polar surface area (TPSA) is 26.3 Å². The highest BCUT2D eigenvalue weighted by atomic mass is 35.5. The molecule has 0 N–H and O–H groups in total. The zero-order chi connectivity index (χ0) is 18.4.